The molecule has 0 radical (unpaired) electrons. The number of hydrogen-bond donors (Lipinski definition) is 0. The van der Waals surface area contributed by atoms with Crippen molar-refractivity contribution >= 4 is 23.3 Å². The lowest BCUT2D eigenvalue weighted by atomic mass is 9.86. The fraction of sp³-hybridized carbons (Fsp3) is 0.579. The Kier molecular flexibility index (Phi) is 6.64. The van der Waals surface area contributed by atoms with Crippen LogP contribution in [0.1, 0.15) is 58.4 Å². The van der Waals surface area contributed by atoms with E-state index in [4.69, 9.17) is 10.3 Å². The number of azide groups is 1. The molecule has 140 valence electrons. The molecule has 0 bridgehead atoms. The molecule has 1 aliphatic rings. The van der Waals surface area contributed by atoms with Crippen LogP contribution >= 0.6 is 0 Å². The summed E-state index contributed by atoms with van der Waals surface area (Å²) in [6, 6.07) is 5.47. The molecule has 0 aromatic heterocycles. The predicted molar refractivity (Wildman–Crippen MR) is 100 cm³/mol. The molecular formula is C19H26N4O3. The lowest BCUT2D eigenvalue weighted by molar-refractivity contribution is -0.143. The minimum Gasteiger partial charge on any atom is -0.466 e. The molecule has 1 amide bonds. The van der Waals surface area contributed by atoms with Crippen LogP contribution < -0.4 is 4.90 Å². The van der Waals surface area contributed by atoms with Crippen LogP contribution in [-0.2, 0) is 19.7 Å². The van der Waals surface area contributed by atoms with Gasteiger partial charge in [-0.05, 0) is 44.7 Å². The SMILES string of the molecule is CCOC(=O)CCCCCCN1C(=O)C(C)(C)c2cccc(N=[N+]=[N-])c21. The number of para-hydroxylation sites is 1. The summed E-state index contributed by atoms with van der Waals surface area (Å²) in [6.45, 7) is 6.58. The molecule has 0 unspecified atom stereocenters. The minimum absolute atomic E-state index is 0.0274. The molecule has 7 heteroatoms. The third kappa shape index (κ3) is 4.17. The van der Waals surface area contributed by atoms with E-state index in [9.17, 15) is 9.59 Å². The van der Waals surface area contributed by atoms with Crippen molar-refractivity contribution < 1.29 is 14.3 Å². The van der Waals surface area contributed by atoms with Gasteiger partial charge in [-0.25, -0.2) is 0 Å². The first-order chi connectivity index (χ1) is 12.4. The van der Waals surface area contributed by atoms with Gasteiger partial charge in [0.05, 0.1) is 23.4 Å². The third-order valence-corrected chi connectivity index (χ3v) is 4.71. The molecule has 0 atom stereocenters. The van der Waals surface area contributed by atoms with Gasteiger partial charge in [0.1, 0.15) is 0 Å². The minimum atomic E-state index is -0.625. The van der Waals surface area contributed by atoms with Crippen LogP contribution in [0, 0.1) is 0 Å². The molecule has 0 fully saturated rings. The maximum atomic E-state index is 12.9. The highest BCUT2D eigenvalue weighted by atomic mass is 16.5. The topological polar surface area (TPSA) is 95.4 Å². The van der Waals surface area contributed by atoms with Gasteiger partial charge in [-0.3, -0.25) is 9.59 Å². The van der Waals surface area contributed by atoms with Gasteiger partial charge in [0.25, 0.3) is 0 Å². The van der Waals surface area contributed by atoms with E-state index in [1.807, 2.05) is 26.0 Å². The van der Waals surface area contributed by atoms with E-state index < -0.39 is 5.41 Å². The van der Waals surface area contributed by atoms with E-state index in [-0.39, 0.29) is 11.9 Å². The summed E-state index contributed by atoms with van der Waals surface area (Å²) in [5.41, 5.74) is 10.3. The van der Waals surface area contributed by atoms with Crippen LogP contribution in [0.5, 0.6) is 0 Å². The number of hydrogen-bond acceptors (Lipinski definition) is 4. The fourth-order valence-electron chi connectivity index (χ4n) is 3.34. The number of ether oxygens (including phenoxy) is 1. The number of benzene rings is 1. The van der Waals surface area contributed by atoms with E-state index in [0.29, 0.717) is 25.3 Å². The van der Waals surface area contributed by atoms with Crippen molar-refractivity contribution in [1.82, 2.24) is 0 Å². The first kappa shape index (κ1) is 19.8. The average molecular weight is 358 g/mol. The van der Waals surface area contributed by atoms with E-state index in [1.165, 1.54) is 0 Å². The largest absolute Gasteiger partial charge is 0.466 e. The quantitative estimate of drug-likeness (QED) is 0.209. The number of nitrogens with zero attached hydrogens (tertiary/aromatic N) is 4. The van der Waals surface area contributed by atoms with Crippen molar-refractivity contribution in [3.63, 3.8) is 0 Å². The Balaban J connectivity index is 1.98. The highest BCUT2D eigenvalue weighted by molar-refractivity contribution is 6.10. The maximum absolute atomic E-state index is 12.9. The van der Waals surface area contributed by atoms with E-state index in [2.05, 4.69) is 10.0 Å². The summed E-state index contributed by atoms with van der Waals surface area (Å²) in [7, 11) is 0. The second-order valence-corrected chi connectivity index (χ2v) is 6.91. The van der Waals surface area contributed by atoms with Crippen molar-refractivity contribution in [2.45, 2.75) is 58.3 Å². The Morgan fingerprint density at radius 1 is 1.27 bits per heavy atom. The second kappa shape index (κ2) is 8.72. The van der Waals surface area contributed by atoms with Gasteiger partial charge in [-0.15, -0.1) is 0 Å². The molecule has 1 aromatic carbocycles. The van der Waals surface area contributed by atoms with Gasteiger partial charge < -0.3 is 9.64 Å². The van der Waals surface area contributed by atoms with Gasteiger partial charge in [0.2, 0.25) is 5.91 Å². The monoisotopic (exact) mass is 358 g/mol. The van der Waals surface area contributed by atoms with Crippen LogP contribution in [-0.4, -0.2) is 25.0 Å². The molecule has 26 heavy (non-hydrogen) atoms. The van der Waals surface area contributed by atoms with E-state index >= 15 is 0 Å². The van der Waals surface area contributed by atoms with Gasteiger partial charge in [-0.1, -0.05) is 36.2 Å². The van der Waals surface area contributed by atoms with Crippen molar-refractivity contribution in [2.24, 2.45) is 5.11 Å². The highest BCUT2D eigenvalue weighted by Gasteiger charge is 2.44. The molecular weight excluding hydrogens is 332 g/mol. The number of esters is 1. The smallest absolute Gasteiger partial charge is 0.305 e. The van der Waals surface area contributed by atoms with E-state index in [0.717, 1.165) is 36.9 Å². The van der Waals surface area contributed by atoms with Gasteiger partial charge >= 0.3 is 5.97 Å². The van der Waals surface area contributed by atoms with Crippen LogP contribution in [0.3, 0.4) is 0 Å². The molecule has 0 saturated heterocycles. The normalized spacial score (nSPS) is 14.7. The number of rotatable bonds is 9. The molecule has 1 aliphatic heterocycles. The lowest BCUT2D eigenvalue weighted by Gasteiger charge is -2.21. The second-order valence-electron chi connectivity index (χ2n) is 6.91. The van der Waals surface area contributed by atoms with Gasteiger partial charge in [0.15, 0.2) is 0 Å². The molecule has 0 aliphatic carbocycles. The van der Waals surface area contributed by atoms with Gasteiger partial charge in [0, 0.05) is 17.9 Å². The zero-order valence-electron chi connectivity index (χ0n) is 15.7. The summed E-state index contributed by atoms with van der Waals surface area (Å²) in [5.74, 6) is -0.128. The van der Waals surface area contributed by atoms with Crippen LogP contribution in [0.4, 0.5) is 11.4 Å². The first-order valence-corrected chi connectivity index (χ1v) is 9.09. The van der Waals surface area contributed by atoms with Crippen LogP contribution in [0.2, 0.25) is 0 Å². The maximum Gasteiger partial charge on any atom is 0.305 e. The van der Waals surface area contributed by atoms with Crippen molar-refractivity contribution in [1.29, 1.82) is 0 Å². The van der Waals surface area contributed by atoms with Crippen LogP contribution in [0.15, 0.2) is 23.3 Å². The first-order valence-electron chi connectivity index (χ1n) is 9.09. The Morgan fingerprint density at radius 3 is 2.69 bits per heavy atom. The van der Waals surface area contributed by atoms with Crippen molar-refractivity contribution in [3.05, 3.63) is 34.2 Å². The molecule has 0 spiro atoms. The summed E-state index contributed by atoms with van der Waals surface area (Å²) >= 11 is 0. The Labute approximate surface area is 153 Å². The summed E-state index contributed by atoms with van der Waals surface area (Å²) in [6.07, 6.45) is 3.89. The number of fused-ring (bicyclic) bond motifs is 1. The number of carbonyl (C=O) groups is 2. The summed E-state index contributed by atoms with van der Waals surface area (Å²) in [5, 5.41) is 3.76. The Bertz CT molecular complexity index is 723. The summed E-state index contributed by atoms with van der Waals surface area (Å²) < 4.78 is 4.91. The molecule has 1 aromatic rings. The number of amides is 1. The van der Waals surface area contributed by atoms with Crippen LogP contribution in [0.25, 0.3) is 10.4 Å². The Hall–Kier alpha value is -2.53. The average Bonchev–Trinajstić information content (AvgIpc) is 2.80. The van der Waals surface area contributed by atoms with E-state index in [1.54, 1.807) is 17.9 Å². The third-order valence-electron chi connectivity index (χ3n) is 4.71. The molecule has 0 saturated carbocycles. The zero-order valence-corrected chi connectivity index (χ0v) is 15.7. The predicted octanol–water partition coefficient (Wildman–Crippen LogP) is 4.77. The van der Waals surface area contributed by atoms with Crippen molar-refractivity contribution in [3.8, 4) is 0 Å². The molecule has 7 nitrogen and oxygen atoms in total. The lowest BCUT2D eigenvalue weighted by Crippen LogP contribution is -2.36. The zero-order chi connectivity index (χ0) is 19.2. The number of carbonyl (C=O) groups excluding carboxylic acids is 2. The number of anilines is 1. The standard InChI is InChI=1S/C19H26N4O3/c1-4-26-16(24)12-7-5-6-8-13-23-17-14(19(2,3)18(23)25)10-9-11-15(17)21-22-20/h9-11H,4-8,12-13H2,1-3H3. The number of unbranched alkanes of at least 4 members (excludes halogenated alkanes) is 3. The fourth-order valence-corrected chi connectivity index (χ4v) is 3.34. The van der Waals surface area contributed by atoms with Gasteiger partial charge in [-0.2, -0.15) is 0 Å². The molecule has 0 N–H and O–H groups in total. The summed E-state index contributed by atoms with van der Waals surface area (Å²) in [4.78, 5) is 28.8. The molecule has 2 rings (SSSR count). The highest BCUT2D eigenvalue weighted by Crippen LogP contribution is 2.46. The molecule has 1 heterocycles. The van der Waals surface area contributed by atoms with Crippen molar-refractivity contribution in [2.75, 3.05) is 18.1 Å². The Morgan fingerprint density at radius 2 is 2.00 bits per heavy atom.